The Kier molecular flexibility index (Phi) is 3.66. The van der Waals surface area contributed by atoms with E-state index in [1.165, 1.54) is 32.4 Å². The molecule has 6 heteroatoms. The number of methoxy groups -OCH3 is 1. The summed E-state index contributed by atoms with van der Waals surface area (Å²) >= 11 is 0. The van der Waals surface area contributed by atoms with E-state index in [-0.39, 0.29) is 10.5 Å². The van der Waals surface area contributed by atoms with E-state index in [1.807, 2.05) is 0 Å². The molecule has 0 aliphatic heterocycles. The number of rotatable bonds is 3. The minimum absolute atomic E-state index is 0.0814. The maximum Gasteiger partial charge on any atom is 0.338 e. The number of sulfonamides is 1. The Bertz CT molecular complexity index is 508. The molecule has 1 aromatic rings. The first kappa shape index (κ1) is 12.7. The molecular weight excluding hydrogens is 230 g/mol. The van der Waals surface area contributed by atoms with Gasteiger partial charge in [0.1, 0.15) is 0 Å². The fraction of sp³-hybridized carbons (Fsp3) is 0.300. The van der Waals surface area contributed by atoms with E-state index in [1.54, 1.807) is 6.92 Å². The molecule has 88 valence electrons. The van der Waals surface area contributed by atoms with Gasteiger partial charge in [-0.15, -0.1) is 0 Å². The zero-order valence-corrected chi connectivity index (χ0v) is 10.1. The molecule has 5 nitrogen and oxygen atoms in total. The van der Waals surface area contributed by atoms with Crippen LogP contribution in [0.1, 0.15) is 15.9 Å². The number of carbonyl (C=O) groups excluding carboxylic acids is 1. The first-order valence-corrected chi connectivity index (χ1v) is 6.04. The minimum atomic E-state index is -3.55. The van der Waals surface area contributed by atoms with Gasteiger partial charge in [-0.1, -0.05) is 6.07 Å². The monoisotopic (exact) mass is 243 g/mol. The molecular formula is C10H13NO4S. The van der Waals surface area contributed by atoms with Crippen LogP contribution in [0.15, 0.2) is 23.1 Å². The fourth-order valence-corrected chi connectivity index (χ4v) is 2.34. The van der Waals surface area contributed by atoms with Gasteiger partial charge in [0.2, 0.25) is 10.0 Å². The topological polar surface area (TPSA) is 72.5 Å². The number of carbonyl (C=O) groups is 1. The van der Waals surface area contributed by atoms with Gasteiger partial charge in [0.05, 0.1) is 17.6 Å². The molecule has 0 unspecified atom stereocenters. The van der Waals surface area contributed by atoms with Crippen LogP contribution >= 0.6 is 0 Å². The second-order valence-electron chi connectivity index (χ2n) is 3.13. The second kappa shape index (κ2) is 4.63. The summed E-state index contributed by atoms with van der Waals surface area (Å²) in [5.74, 6) is -0.550. The van der Waals surface area contributed by atoms with Crippen LogP contribution in [-0.2, 0) is 14.8 Å². The molecule has 0 aromatic heterocycles. The SMILES string of the molecule is CNS(=O)(=O)c1cccc(C(=O)OC)c1C. The highest BCUT2D eigenvalue weighted by atomic mass is 32.2. The molecule has 0 aliphatic carbocycles. The molecule has 0 saturated carbocycles. The summed E-state index contributed by atoms with van der Waals surface area (Å²) in [5, 5.41) is 0. The van der Waals surface area contributed by atoms with E-state index in [0.717, 1.165) is 0 Å². The second-order valence-corrected chi connectivity index (χ2v) is 4.98. The third kappa shape index (κ3) is 2.23. The molecule has 0 spiro atoms. The molecule has 1 aromatic carbocycles. The highest BCUT2D eigenvalue weighted by Crippen LogP contribution is 2.19. The summed E-state index contributed by atoms with van der Waals surface area (Å²) in [7, 11) is -0.981. The highest BCUT2D eigenvalue weighted by molar-refractivity contribution is 7.89. The Balaban J connectivity index is 3.41. The van der Waals surface area contributed by atoms with Gasteiger partial charge in [-0.05, 0) is 31.7 Å². The summed E-state index contributed by atoms with van der Waals surface area (Å²) in [5.41, 5.74) is 0.627. The van der Waals surface area contributed by atoms with Crippen LogP contribution < -0.4 is 4.72 Å². The molecule has 1 N–H and O–H groups in total. The Labute approximate surface area is 94.5 Å². The number of esters is 1. The average Bonchev–Trinajstić information content (AvgIpc) is 2.28. The minimum Gasteiger partial charge on any atom is -0.465 e. The Morgan fingerprint density at radius 3 is 2.50 bits per heavy atom. The summed E-state index contributed by atoms with van der Waals surface area (Å²) in [6.45, 7) is 1.57. The van der Waals surface area contributed by atoms with Gasteiger partial charge in [0.15, 0.2) is 0 Å². The Morgan fingerprint density at radius 2 is 2.00 bits per heavy atom. The van der Waals surface area contributed by atoms with Crippen molar-refractivity contribution >= 4 is 16.0 Å². The van der Waals surface area contributed by atoms with Crippen LogP contribution in [0.25, 0.3) is 0 Å². The molecule has 0 aliphatic rings. The summed E-state index contributed by atoms with van der Waals surface area (Å²) < 4.78 is 30.0. The van der Waals surface area contributed by atoms with Crippen molar-refractivity contribution in [2.75, 3.05) is 14.2 Å². The lowest BCUT2D eigenvalue weighted by atomic mass is 10.1. The normalized spacial score (nSPS) is 11.2. The lowest BCUT2D eigenvalue weighted by molar-refractivity contribution is 0.0599. The van der Waals surface area contributed by atoms with Crippen LogP contribution in [0.2, 0.25) is 0 Å². The number of ether oxygens (including phenoxy) is 1. The largest absolute Gasteiger partial charge is 0.465 e. The van der Waals surface area contributed by atoms with Gasteiger partial charge in [-0.25, -0.2) is 17.9 Å². The zero-order chi connectivity index (χ0) is 12.3. The summed E-state index contributed by atoms with van der Waals surface area (Å²) in [6, 6.07) is 4.47. The van der Waals surface area contributed by atoms with Gasteiger partial charge < -0.3 is 4.74 Å². The smallest absolute Gasteiger partial charge is 0.338 e. The van der Waals surface area contributed by atoms with E-state index in [4.69, 9.17) is 0 Å². The van der Waals surface area contributed by atoms with E-state index in [2.05, 4.69) is 9.46 Å². The lowest BCUT2D eigenvalue weighted by Crippen LogP contribution is -2.20. The van der Waals surface area contributed by atoms with E-state index >= 15 is 0 Å². The Hall–Kier alpha value is -1.40. The number of benzene rings is 1. The quantitative estimate of drug-likeness (QED) is 0.793. The number of hydrogen-bond acceptors (Lipinski definition) is 4. The van der Waals surface area contributed by atoms with E-state index in [0.29, 0.717) is 5.56 Å². The molecule has 0 bridgehead atoms. The molecule has 0 radical (unpaired) electrons. The first-order valence-electron chi connectivity index (χ1n) is 4.55. The molecule has 0 heterocycles. The van der Waals surface area contributed by atoms with E-state index < -0.39 is 16.0 Å². The van der Waals surface area contributed by atoms with Gasteiger partial charge >= 0.3 is 5.97 Å². The van der Waals surface area contributed by atoms with Crippen molar-refractivity contribution < 1.29 is 17.9 Å². The van der Waals surface area contributed by atoms with Crippen molar-refractivity contribution in [3.63, 3.8) is 0 Å². The standard InChI is InChI=1S/C10H13NO4S/c1-7-8(10(12)15-3)5-4-6-9(7)16(13,14)11-2/h4-6,11H,1-3H3. The summed E-state index contributed by atoms with van der Waals surface area (Å²) in [6.07, 6.45) is 0. The van der Waals surface area contributed by atoms with Crippen molar-refractivity contribution in [2.24, 2.45) is 0 Å². The molecule has 1 rings (SSSR count). The molecule has 0 atom stereocenters. The van der Waals surface area contributed by atoms with Crippen LogP contribution in [0.3, 0.4) is 0 Å². The van der Waals surface area contributed by atoms with Crippen LogP contribution in [0.4, 0.5) is 0 Å². The van der Waals surface area contributed by atoms with Gasteiger partial charge in [-0.3, -0.25) is 0 Å². The highest BCUT2D eigenvalue weighted by Gasteiger charge is 2.19. The van der Waals surface area contributed by atoms with E-state index in [9.17, 15) is 13.2 Å². The maximum absolute atomic E-state index is 11.6. The van der Waals surface area contributed by atoms with Crippen molar-refractivity contribution in [3.05, 3.63) is 29.3 Å². The van der Waals surface area contributed by atoms with Crippen LogP contribution in [0.5, 0.6) is 0 Å². The lowest BCUT2D eigenvalue weighted by Gasteiger charge is -2.09. The fourth-order valence-electron chi connectivity index (χ4n) is 1.35. The van der Waals surface area contributed by atoms with Gasteiger partial charge in [0, 0.05) is 0 Å². The van der Waals surface area contributed by atoms with Crippen molar-refractivity contribution in [3.8, 4) is 0 Å². The molecule has 0 fully saturated rings. The van der Waals surface area contributed by atoms with Crippen LogP contribution in [-0.4, -0.2) is 28.5 Å². The zero-order valence-electron chi connectivity index (χ0n) is 9.27. The molecule has 0 saturated heterocycles. The number of hydrogen-bond donors (Lipinski definition) is 1. The summed E-state index contributed by atoms with van der Waals surface area (Å²) in [4.78, 5) is 11.4. The average molecular weight is 243 g/mol. The predicted octanol–water partition coefficient (Wildman–Crippen LogP) is 0.690. The van der Waals surface area contributed by atoms with Crippen LogP contribution in [0, 0.1) is 6.92 Å². The number of nitrogens with one attached hydrogen (secondary N) is 1. The predicted molar refractivity (Wildman–Crippen MR) is 58.8 cm³/mol. The third-order valence-electron chi connectivity index (χ3n) is 2.25. The molecule has 16 heavy (non-hydrogen) atoms. The maximum atomic E-state index is 11.6. The van der Waals surface area contributed by atoms with Crippen molar-refractivity contribution in [2.45, 2.75) is 11.8 Å². The van der Waals surface area contributed by atoms with Crippen molar-refractivity contribution in [1.29, 1.82) is 0 Å². The molecule has 0 amide bonds. The van der Waals surface area contributed by atoms with Crippen molar-refractivity contribution in [1.82, 2.24) is 4.72 Å². The third-order valence-corrected chi connectivity index (χ3v) is 3.81. The van der Waals surface area contributed by atoms with Gasteiger partial charge in [0.25, 0.3) is 0 Å². The van der Waals surface area contributed by atoms with Gasteiger partial charge in [-0.2, -0.15) is 0 Å². The first-order chi connectivity index (χ1) is 7.44. The Morgan fingerprint density at radius 1 is 1.38 bits per heavy atom.